The highest BCUT2D eigenvalue weighted by Gasteiger charge is 2.22. The molecule has 0 spiro atoms. The topological polar surface area (TPSA) is 64.7 Å². The van der Waals surface area contributed by atoms with Crippen molar-refractivity contribution in [2.75, 3.05) is 0 Å². The summed E-state index contributed by atoms with van der Waals surface area (Å²) in [5.41, 5.74) is 0.995. The van der Waals surface area contributed by atoms with E-state index >= 15 is 0 Å². The fourth-order valence-electron chi connectivity index (χ4n) is 2.68. The van der Waals surface area contributed by atoms with E-state index in [1.165, 1.54) is 25.7 Å². The lowest BCUT2D eigenvalue weighted by Gasteiger charge is -2.00. The summed E-state index contributed by atoms with van der Waals surface area (Å²) in [5, 5.41) is 7.15. The zero-order valence-corrected chi connectivity index (χ0v) is 13.0. The van der Waals surface area contributed by atoms with Crippen LogP contribution in [-0.2, 0) is 5.75 Å². The van der Waals surface area contributed by atoms with Crippen LogP contribution in [0.15, 0.2) is 27.3 Å². The molecule has 0 aliphatic heterocycles. The Labute approximate surface area is 130 Å². The molecule has 1 fully saturated rings. The molecule has 0 bridgehead atoms. The number of thiophene rings is 1. The molecule has 5 nitrogen and oxygen atoms in total. The highest BCUT2D eigenvalue weighted by atomic mass is 32.2. The van der Waals surface area contributed by atoms with Crippen LogP contribution in [0.4, 0.5) is 0 Å². The number of fused-ring (bicyclic) bond motifs is 1. The summed E-state index contributed by atoms with van der Waals surface area (Å²) >= 11 is 3.29. The molecule has 1 aliphatic carbocycles. The molecule has 0 saturated heterocycles. The molecule has 108 valence electrons. The molecule has 0 amide bonds. The molecule has 0 unspecified atom stereocenters. The Bertz CT molecular complexity index is 748. The second kappa shape index (κ2) is 5.73. The molecule has 4 rings (SSSR count). The second-order valence-electron chi connectivity index (χ2n) is 5.13. The molecule has 0 N–H and O–H groups in total. The molecule has 7 heteroatoms. The largest absolute Gasteiger partial charge is 0.338 e. The molecular weight excluding hydrogens is 304 g/mol. The van der Waals surface area contributed by atoms with Crippen LogP contribution in [-0.4, -0.2) is 20.1 Å². The van der Waals surface area contributed by atoms with E-state index in [4.69, 9.17) is 4.52 Å². The van der Waals surface area contributed by atoms with Gasteiger partial charge < -0.3 is 4.52 Å². The van der Waals surface area contributed by atoms with Gasteiger partial charge in [-0.15, -0.1) is 11.3 Å². The van der Waals surface area contributed by atoms with Gasteiger partial charge in [0.25, 0.3) is 0 Å². The SMILES string of the molecule is c1nc(SCc2nc(C3CCCC3)no2)c2sccc2n1. The average Bonchev–Trinajstić information content (AvgIpc) is 3.23. The minimum atomic E-state index is 0.496. The first-order valence-electron chi connectivity index (χ1n) is 7.03. The number of aromatic nitrogens is 4. The molecule has 1 aliphatic rings. The molecule has 3 heterocycles. The Morgan fingerprint density at radius 3 is 3.10 bits per heavy atom. The Morgan fingerprint density at radius 1 is 1.29 bits per heavy atom. The first-order chi connectivity index (χ1) is 10.4. The van der Waals surface area contributed by atoms with Crippen LogP contribution < -0.4 is 0 Å². The molecule has 3 aromatic heterocycles. The first kappa shape index (κ1) is 13.2. The molecular formula is C14H14N4OS2. The Hall–Kier alpha value is -1.47. The van der Waals surface area contributed by atoms with Gasteiger partial charge in [-0.3, -0.25) is 0 Å². The summed E-state index contributed by atoms with van der Waals surface area (Å²) in [4.78, 5) is 13.1. The molecule has 21 heavy (non-hydrogen) atoms. The highest BCUT2D eigenvalue weighted by Crippen LogP contribution is 2.33. The lowest BCUT2D eigenvalue weighted by molar-refractivity contribution is 0.380. The van der Waals surface area contributed by atoms with E-state index in [9.17, 15) is 0 Å². The van der Waals surface area contributed by atoms with Gasteiger partial charge in [-0.25, -0.2) is 9.97 Å². The summed E-state index contributed by atoms with van der Waals surface area (Å²) in [5.74, 6) is 2.72. The average molecular weight is 318 g/mol. The van der Waals surface area contributed by atoms with Gasteiger partial charge in [-0.1, -0.05) is 29.8 Å². The van der Waals surface area contributed by atoms with Crippen molar-refractivity contribution in [2.45, 2.75) is 42.4 Å². The van der Waals surface area contributed by atoms with Crippen LogP contribution in [0.5, 0.6) is 0 Å². The smallest absolute Gasteiger partial charge is 0.237 e. The lowest BCUT2D eigenvalue weighted by atomic mass is 10.1. The van der Waals surface area contributed by atoms with Gasteiger partial charge >= 0.3 is 0 Å². The van der Waals surface area contributed by atoms with Crippen LogP contribution in [0.2, 0.25) is 0 Å². The summed E-state index contributed by atoms with van der Waals surface area (Å²) in [6.45, 7) is 0. The van der Waals surface area contributed by atoms with Gasteiger partial charge in [0.1, 0.15) is 11.4 Å². The van der Waals surface area contributed by atoms with E-state index in [1.54, 1.807) is 29.4 Å². The van der Waals surface area contributed by atoms with Gasteiger partial charge in [0.05, 0.1) is 16.0 Å². The van der Waals surface area contributed by atoms with E-state index in [2.05, 4.69) is 20.1 Å². The highest BCUT2D eigenvalue weighted by molar-refractivity contribution is 7.98. The van der Waals surface area contributed by atoms with Crippen LogP contribution in [0.3, 0.4) is 0 Å². The predicted molar refractivity (Wildman–Crippen MR) is 82.5 cm³/mol. The van der Waals surface area contributed by atoms with Gasteiger partial charge in [0.15, 0.2) is 5.82 Å². The third-order valence-electron chi connectivity index (χ3n) is 3.75. The van der Waals surface area contributed by atoms with Crippen molar-refractivity contribution in [3.8, 4) is 0 Å². The maximum atomic E-state index is 5.37. The van der Waals surface area contributed by atoms with Crippen molar-refractivity contribution in [1.82, 2.24) is 20.1 Å². The third kappa shape index (κ3) is 2.67. The number of hydrogen-bond donors (Lipinski definition) is 0. The number of nitrogens with zero attached hydrogens (tertiary/aromatic N) is 4. The van der Waals surface area contributed by atoms with Gasteiger partial charge in [0.2, 0.25) is 5.89 Å². The molecule has 0 radical (unpaired) electrons. The predicted octanol–water partition coefficient (Wildman–Crippen LogP) is 4.02. The zero-order chi connectivity index (χ0) is 14.1. The van der Waals surface area contributed by atoms with Crippen molar-refractivity contribution in [3.63, 3.8) is 0 Å². The minimum absolute atomic E-state index is 0.496. The summed E-state index contributed by atoms with van der Waals surface area (Å²) in [7, 11) is 0. The minimum Gasteiger partial charge on any atom is -0.338 e. The molecule has 1 saturated carbocycles. The number of hydrogen-bond acceptors (Lipinski definition) is 7. The summed E-state index contributed by atoms with van der Waals surface area (Å²) in [6, 6.07) is 2.01. The summed E-state index contributed by atoms with van der Waals surface area (Å²) in [6.07, 6.45) is 6.54. The van der Waals surface area contributed by atoms with Crippen molar-refractivity contribution < 1.29 is 4.52 Å². The Morgan fingerprint density at radius 2 is 2.19 bits per heavy atom. The second-order valence-corrected chi connectivity index (χ2v) is 7.01. The maximum absolute atomic E-state index is 5.37. The quantitative estimate of drug-likeness (QED) is 0.534. The van der Waals surface area contributed by atoms with Crippen molar-refractivity contribution in [2.24, 2.45) is 0 Å². The van der Waals surface area contributed by atoms with E-state index in [0.29, 0.717) is 17.6 Å². The normalized spacial score (nSPS) is 16.0. The monoisotopic (exact) mass is 318 g/mol. The molecule has 0 aromatic carbocycles. The Kier molecular flexibility index (Phi) is 3.60. The fourth-order valence-corrected chi connectivity index (χ4v) is 4.46. The van der Waals surface area contributed by atoms with Crippen LogP contribution in [0.1, 0.15) is 43.3 Å². The van der Waals surface area contributed by atoms with Crippen LogP contribution in [0, 0.1) is 0 Å². The van der Waals surface area contributed by atoms with Gasteiger partial charge in [-0.2, -0.15) is 4.98 Å². The standard InChI is InChI=1S/C14H14N4OS2/c1-2-4-9(3-1)13-17-11(19-18-13)7-21-14-12-10(5-6-20-12)15-8-16-14/h5-6,8-9H,1-4,7H2. The maximum Gasteiger partial charge on any atom is 0.237 e. The van der Waals surface area contributed by atoms with Gasteiger partial charge in [-0.05, 0) is 24.3 Å². The van der Waals surface area contributed by atoms with Crippen molar-refractivity contribution >= 4 is 33.3 Å². The first-order valence-corrected chi connectivity index (χ1v) is 8.90. The van der Waals surface area contributed by atoms with Crippen molar-refractivity contribution in [3.05, 3.63) is 29.5 Å². The number of rotatable bonds is 4. The lowest BCUT2D eigenvalue weighted by Crippen LogP contribution is -1.95. The third-order valence-corrected chi connectivity index (χ3v) is 5.76. The van der Waals surface area contributed by atoms with E-state index in [1.807, 2.05) is 11.4 Å². The van der Waals surface area contributed by atoms with E-state index in [0.717, 1.165) is 21.1 Å². The number of thioether (sulfide) groups is 1. The van der Waals surface area contributed by atoms with Crippen LogP contribution >= 0.6 is 23.1 Å². The van der Waals surface area contributed by atoms with Crippen molar-refractivity contribution in [1.29, 1.82) is 0 Å². The fraction of sp³-hybridized carbons (Fsp3) is 0.429. The van der Waals surface area contributed by atoms with E-state index in [-0.39, 0.29) is 0 Å². The summed E-state index contributed by atoms with van der Waals surface area (Å²) < 4.78 is 6.49. The Balaban J connectivity index is 1.48. The van der Waals surface area contributed by atoms with Gasteiger partial charge in [0, 0.05) is 5.92 Å². The zero-order valence-electron chi connectivity index (χ0n) is 11.4. The van der Waals surface area contributed by atoms with Crippen LogP contribution in [0.25, 0.3) is 10.2 Å². The molecule has 3 aromatic rings. The molecule has 0 atom stereocenters. The van der Waals surface area contributed by atoms with E-state index < -0.39 is 0 Å².